The highest BCUT2D eigenvalue weighted by Gasteiger charge is 2.41. The third kappa shape index (κ3) is 3.70. The molecule has 152 valence electrons. The lowest BCUT2D eigenvalue weighted by atomic mass is 9.82. The molecule has 2 amide bonds. The molecule has 1 saturated carbocycles. The highest BCUT2D eigenvalue weighted by Crippen LogP contribution is 2.31. The van der Waals surface area contributed by atoms with Gasteiger partial charge in [-0.15, -0.1) is 0 Å². The van der Waals surface area contributed by atoms with Gasteiger partial charge >= 0.3 is 5.97 Å². The molecular weight excluding hydrogens is 356 g/mol. The number of nitrogens with zero attached hydrogens (tertiary/aromatic N) is 1. The van der Waals surface area contributed by atoms with Crippen molar-refractivity contribution in [1.82, 2.24) is 10.2 Å². The largest absolute Gasteiger partial charge is 0.481 e. The fourth-order valence-corrected chi connectivity index (χ4v) is 4.51. The van der Waals surface area contributed by atoms with Crippen LogP contribution in [-0.4, -0.2) is 46.4 Å². The summed E-state index contributed by atoms with van der Waals surface area (Å²) in [6, 6.07) is 6.96. The summed E-state index contributed by atoms with van der Waals surface area (Å²) in [6.45, 7) is 4.23. The van der Waals surface area contributed by atoms with E-state index in [9.17, 15) is 19.5 Å². The maximum Gasteiger partial charge on any atom is 0.310 e. The molecule has 28 heavy (non-hydrogen) atoms. The van der Waals surface area contributed by atoms with Crippen molar-refractivity contribution < 1.29 is 19.5 Å². The van der Waals surface area contributed by atoms with Gasteiger partial charge in [-0.3, -0.25) is 19.3 Å². The molecule has 2 unspecified atom stereocenters. The Balaban J connectivity index is 1.72. The van der Waals surface area contributed by atoms with Crippen LogP contribution >= 0.6 is 0 Å². The van der Waals surface area contributed by atoms with Gasteiger partial charge in [-0.2, -0.15) is 0 Å². The van der Waals surface area contributed by atoms with E-state index < -0.39 is 11.4 Å². The molecule has 1 heterocycles. The molecular formula is C22H30N2O4. The molecule has 1 aromatic rings. The van der Waals surface area contributed by atoms with Crippen molar-refractivity contribution in [2.45, 2.75) is 70.9 Å². The van der Waals surface area contributed by atoms with Crippen LogP contribution in [0.4, 0.5) is 0 Å². The second kappa shape index (κ2) is 8.43. The monoisotopic (exact) mass is 386 g/mol. The number of fused-ring (bicyclic) bond motifs is 1. The van der Waals surface area contributed by atoms with Crippen LogP contribution in [0.15, 0.2) is 24.3 Å². The number of carbonyl (C=O) groups is 3. The predicted octanol–water partition coefficient (Wildman–Crippen LogP) is 3.46. The van der Waals surface area contributed by atoms with E-state index in [2.05, 4.69) is 5.32 Å². The Kier molecular flexibility index (Phi) is 6.18. The minimum Gasteiger partial charge on any atom is -0.481 e. The van der Waals surface area contributed by atoms with E-state index >= 15 is 0 Å². The maximum absolute atomic E-state index is 12.8. The molecule has 1 aliphatic carbocycles. The number of carboxylic acids is 1. The van der Waals surface area contributed by atoms with E-state index in [1.165, 1.54) is 4.90 Å². The molecule has 2 aliphatic rings. The Morgan fingerprint density at radius 1 is 1.11 bits per heavy atom. The Morgan fingerprint density at radius 2 is 1.68 bits per heavy atom. The van der Waals surface area contributed by atoms with Gasteiger partial charge < -0.3 is 10.4 Å². The zero-order valence-corrected chi connectivity index (χ0v) is 16.7. The van der Waals surface area contributed by atoms with Crippen molar-refractivity contribution in [2.24, 2.45) is 5.41 Å². The Morgan fingerprint density at radius 3 is 2.21 bits per heavy atom. The number of amides is 2. The van der Waals surface area contributed by atoms with Crippen LogP contribution in [0, 0.1) is 5.41 Å². The summed E-state index contributed by atoms with van der Waals surface area (Å²) in [5, 5.41) is 13.1. The van der Waals surface area contributed by atoms with Gasteiger partial charge in [-0.1, -0.05) is 38.8 Å². The first-order valence-electron chi connectivity index (χ1n) is 10.4. The lowest BCUT2D eigenvalue weighted by Gasteiger charge is -2.32. The highest BCUT2D eigenvalue weighted by atomic mass is 16.4. The quantitative estimate of drug-likeness (QED) is 0.553. The molecule has 3 rings (SSSR count). The van der Waals surface area contributed by atoms with Crippen LogP contribution in [0.3, 0.4) is 0 Å². The fraction of sp³-hybridized carbons (Fsp3) is 0.591. The number of rotatable bonds is 7. The molecule has 0 aromatic heterocycles. The smallest absolute Gasteiger partial charge is 0.310 e. The first-order chi connectivity index (χ1) is 13.4. The van der Waals surface area contributed by atoms with Crippen molar-refractivity contribution in [1.29, 1.82) is 0 Å². The number of imide groups is 1. The normalized spacial score (nSPS) is 22.9. The van der Waals surface area contributed by atoms with Gasteiger partial charge in [0.25, 0.3) is 11.8 Å². The van der Waals surface area contributed by atoms with Gasteiger partial charge in [0.1, 0.15) is 0 Å². The van der Waals surface area contributed by atoms with Crippen molar-refractivity contribution in [2.75, 3.05) is 6.54 Å². The Labute approximate surface area is 166 Å². The number of nitrogens with one attached hydrogen (secondary N) is 1. The molecule has 2 N–H and O–H groups in total. The Bertz CT molecular complexity index is 722. The number of hydrogen-bond donors (Lipinski definition) is 2. The first kappa shape index (κ1) is 20.5. The zero-order valence-electron chi connectivity index (χ0n) is 16.7. The molecule has 0 bridgehead atoms. The van der Waals surface area contributed by atoms with Crippen LogP contribution in [0.5, 0.6) is 0 Å². The molecule has 0 saturated heterocycles. The predicted molar refractivity (Wildman–Crippen MR) is 106 cm³/mol. The molecule has 1 aromatic carbocycles. The number of benzene rings is 1. The van der Waals surface area contributed by atoms with E-state index in [1.54, 1.807) is 24.3 Å². The van der Waals surface area contributed by atoms with E-state index in [1.807, 2.05) is 13.8 Å². The van der Waals surface area contributed by atoms with Crippen LogP contribution in [0.2, 0.25) is 0 Å². The van der Waals surface area contributed by atoms with Gasteiger partial charge in [-0.05, 0) is 44.2 Å². The van der Waals surface area contributed by atoms with Crippen molar-refractivity contribution in [3.05, 3.63) is 35.4 Å². The number of hydrogen-bond acceptors (Lipinski definition) is 4. The SMILES string of the molecule is CCC(CC)(CNC1CCCCC(N2C(=O)c3ccccc3C2=O)C1)C(=O)O. The summed E-state index contributed by atoms with van der Waals surface area (Å²) in [5.74, 6) is -1.17. The van der Waals surface area contributed by atoms with Gasteiger partial charge in [-0.25, -0.2) is 0 Å². The average molecular weight is 386 g/mol. The third-order valence-corrected chi connectivity index (χ3v) is 6.62. The van der Waals surface area contributed by atoms with Crippen LogP contribution < -0.4 is 5.32 Å². The molecule has 6 nitrogen and oxygen atoms in total. The molecule has 0 spiro atoms. The second-order valence-electron chi connectivity index (χ2n) is 8.07. The highest BCUT2D eigenvalue weighted by molar-refractivity contribution is 6.21. The molecule has 2 atom stereocenters. The molecule has 0 radical (unpaired) electrons. The van der Waals surface area contributed by atoms with Crippen LogP contribution in [-0.2, 0) is 4.79 Å². The van der Waals surface area contributed by atoms with Gasteiger partial charge in [0.15, 0.2) is 0 Å². The van der Waals surface area contributed by atoms with Crippen LogP contribution in [0.25, 0.3) is 0 Å². The summed E-state index contributed by atoms with van der Waals surface area (Å²) in [5.41, 5.74) is 0.211. The van der Waals surface area contributed by atoms with E-state index in [4.69, 9.17) is 0 Å². The Hall–Kier alpha value is -2.21. The number of carbonyl (C=O) groups excluding carboxylic acids is 2. The van der Waals surface area contributed by atoms with E-state index in [-0.39, 0.29) is 23.9 Å². The zero-order chi connectivity index (χ0) is 20.3. The summed E-state index contributed by atoms with van der Waals surface area (Å²) < 4.78 is 0. The summed E-state index contributed by atoms with van der Waals surface area (Å²) >= 11 is 0. The lowest BCUT2D eigenvalue weighted by molar-refractivity contribution is -0.149. The standard InChI is InChI=1S/C22H30N2O4/c1-3-22(4-2,21(27)28)14-23-15-9-5-6-10-16(13-15)24-19(25)17-11-7-8-12-18(17)20(24)26/h7-8,11-12,15-16,23H,3-6,9-10,13-14H2,1-2H3,(H,27,28). The number of aliphatic carboxylic acids is 1. The second-order valence-corrected chi connectivity index (χ2v) is 8.07. The van der Waals surface area contributed by atoms with Crippen molar-refractivity contribution in [3.63, 3.8) is 0 Å². The van der Waals surface area contributed by atoms with E-state index in [0.29, 0.717) is 36.9 Å². The van der Waals surface area contributed by atoms with Gasteiger partial charge in [0, 0.05) is 18.6 Å². The third-order valence-electron chi connectivity index (χ3n) is 6.62. The van der Waals surface area contributed by atoms with E-state index in [0.717, 1.165) is 25.7 Å². The molecule has 6 heteroatoms. The first-order valence-corrected chi connectivity index (χ1v) is 10.4. The van der Waals surface area contributed by atoms with Gasteiger partial charge in [0.05, 0.1) is 16.5 Å². The molecule has 1 fully saturated rings. The summed E-state index contributed by atoms with van der Waals surface area (Å²) in [6.07, 6.45) is 5.52. The lowest BCUT2D eigenvalue weighted by Crippen LogP contribution is -2.47. The minimum atomic E-state index is -0.768. The van der Waals surface area contributed by atoms with Crippen molar-refractivity contribution in [3.8, 4) is 0 Å². The summed E-state index contributed by atoms with van der Waals surface area (Å²) in [4.78, 5) is 38.9. The summed E-state index contributed by atoms with van der Waals surface area (Å²) in [7, 11) is 0. The van der Waals surface area contributed by atoms with Gasteiger partial charge in [0.2, 0.25) is 0 Å². The van der Waals surface area contributed by atoms with Crippen molar-refractivity contribution >= 4 is 17.8 Å². The fourth-order valence-electron chi connectivity index (χ4n) is 4.51. The maximum atomic E-state index is 12.8. The average Bonchev–Trinajstić information content (AvgIpc) is 2.84. The minimum absolute atomic E-state index is 0.105. The van der Waals surface area contributed by atoms with Crippen LogP contribution in [0.1, 0.15) is 79.5 Å². The molecule has 1 aliphatic heterocycles. The number of carboxylic acid groups (broad SMARTS) is 1. The topological polar surface area (TPSA) is 86.7 Å².